The van der Waals surface area contributed by atoms with E-state index >= 15 is 0 Å². The SMILES string of the molecule is [CH2]C1CCc2sccc21. The maximum atomic E-state index is 4.06. The molecule has 2 rings (SSSR count). The summed E-state index contributed by atoms with van der Waals surface area (Å²) in [5.41, 5.74) is 1.50. The zero-order valence-electron chi connectivity index (χ0n) is 5.26. The zero-order valence-corrected chi connectivity index (χ0v) is 6.08. The average molecular weight is 137 g/mol. The number of hydrogen-bond acceptors (Lipinski definition) is 1. The van der Waals surface area contributed by atoms with Gasteiger partial charge in [0.2, 0.25) is 0 Å². The molecule has 0 nitrogen and oxygen atoms in total. The van der Waals surface area contributed by atoms with Crippen molar-refractivity contribution in [1.82, 2.24) is 0 Å². The summed E-state index contributed by atoms with van der Waals surface area (Å²) in [4.78, 5) is 1.56. The van der Waals surface area contributed by atoms with Crippen molar-refractivity contribution in [2.24, 2.45) is 0 Å². The highest BCUT2D eigenvalue weighted by Gasteiger charge is 2.18. The minimum absolute atomic E-state index is 0.589. The number of fused-ring (bicyclic) bond motifs is 1. The Labute approximate surface area is 59.5 Å². The summed E-state index contributed by atoms with van der Waals surface area (Å²) in [6, 6.07) is 2.21. The third-order valence-corrected chi connectivity index (χ3v) is 2.94. The molecule has 1 aromatic heterocycles. The van der Waals surface area contributed by atoms with Crippen LogP contribution in [0.5, 0.6) is 0 Å². The van der Waals surface area contributed by atoms with Crippen LogP contribution in [-0.2, 0) is 6.42 Å². The summed E-state index contributed by atoms with van der Waals surface area (Å²) in [7, 11) is 0. The Hall–Kier alpha value is -0.300. The van der Waals surface area contributed by atoms with E-state index in [0.29, 0.717) is 5.92 Å². The molecular formula is C8H9S. The maximum Gasteiger partial charge on any atom is 0.00802 e. The Morgan fingerprint density at radius 1 is 1.67 bits per heavy atom. The van der Waals surface area contributed by atoms with Gasteiger partial charge in [0.25, 0.3) is 0 Å². The first-order valence-electron chi connectivity index (χ1n) is 3.27. The van der Waals surface area contributed by atoms with Gasteiger partial charge in [0.1, 0.15) is 0 Å². The summed E-state index contributed by atoms with van der Waals surface area (Å²) in [5.74, 6) is 0.589. The van der Waals surface area contributed by atoms with Gasteiger partial charge in [0, 0.05) is 4.88 Å². The summed E-state index contributed by atoms with van der Waals surface area (Å²) in [5, 5.41) is 2.17. The fraction of sp³-hybridized carbons (Fsp3) is 0.375. The molecule has 9 heavy (non-hydrogen) atoms. The molecule has 0 saturated heterocycles. The first-order valence-corrected chi connectivity index (χ1v) is 4.15. The molecule has 0 N–H and O–H groups in total. The van der Waals surface area contributed by atoms with Crippen LogP contribution in [0.1, 0.15) is 22.8 Å². The van der Waals surface area contributed by atoms with Crippen LogP contribution in [-0.4, -0.2) is 0 Å². The molecule has 1 aliphatic carbocycles. The minimum atomic E-state index is 0.589. The van der Waals surface area contributed by atoms with Crippen molar-refractivity contribution in [1.29, 1.82) is 0 Å². The molecule has 0 spiro atoms. The monoisotopic (exact) mass is 137 g/mol. The molecule has 0 amide bonds. The van der Waals surface area contributed by atoms with E-state index in [0.717, 1.165) is 0 Å². The second-order valence-electron chi connectivity index (χ2n) is 2.53. The van der Waals surface area contributed by atoms with Crippen LogP contribution < -0.4 is 0 Å². The van der Waals surface area contributed by atoms with Crippen molar-refractivity contribution in [3.8, 4) is 0 Å². The average Bonchev–Trinajstić information content (AvgIpc) is 2.35. The van der Waals surface area contributed by atoms with Gasteiger partial charge in [-0.2, -0.15) is 0 Å². The van der Waals surface area contributed by atoms with Gasteiger partial charge in [-0.1, -0.05) is 0 Å². The van der Waals surface area contributed by atoms with Crippen molar-refractivity contribution < 1.29 is 0 Å². The van der Waals surface area contributed by atoms with Gasteiger partial charge in [0.15, 0.2) is 0 Å². The van der Waals surface area contributed by atoms with Gasteiger partial charge in [-0.15, -0.1) is 11.3 Å². The van der Waals surface area contributed by atoms with E-state index in [1.165, 1.54) is 18.4 Å². The Bertz CT molecular complexity index is 212. The van der Waals surface area contributed by atoms with Crippen LogP contribution in [0, 0.1) is 6.92 Å². The molecule has 47 valence electrons. The quantitative estimate of drug-likeness (QED) is 0.515. The number of thiophene rings is 1. The third-order valence-electron chi connectivity index (χ3n) is 1.94. The van der Waals surface area contributed by atoms with Crippen molar-refractivity contribution in [2.45, 2.75) is 18.8 Å². The highest BCUT2D eigenvalue weighted by molar-refractivity contribution is 7.10. The molecule has 1 unspecified atom stereocenters. The summed E-state index contributed by atoms with van der Waals surface area (Å²) in [6.45, 7) is 4.06. The third kappa shape index (κ3) is 0.715. The molecule has 1 radical (unpaired) electrons. The molecule has 0 saturated carbocycles. The van der Waals surface area contributed by atoms with Gasteiger partial charge < -0.3 is 0 Å². The van der Waals surface area contributed by atoms with Crippen LogP contribution in [0.25, 0.3) is 0 Å². The number of rotatable bonds is 0. The van der Waals surface area contributed by atoms with Crippen LogP contribution in [0.4, 0.5) is 0 Å². The molecule has 0 aromatic carbocycles. The lowest BCUT2D eigenvalue weighted by Crippen LogP contribution is -1.81. The van der Waals surface area contributed by atoms with E-state index in [9.17, 15) is 0 Å². The molecule has 1 aliphatic rings. The first-order chi connectivity index (χ1) is 4.38. The van der Waals surface area contributed by atoms with Gasteiger partial charge in [0.05, 0.1) is 0 Å². The molecule has 1 atom stereocenters. The largest absolute Gasteiger partial charge is 0.149 e. The predicted octanol–water partition coefficient (Wildman–Crippen LogP) is 2.61. The predicted molar refractivity (Wildman–Crippen MR) is 40.7 cm³/mol. The van der Waals surface area contributed by atoms with E-state index < -0.39 is 0 Å². The number of hydrogen-bond donors (Lipinski definition) is 0. The normalized spacial score (nSPS) is 24.3. The Morgan fingerprint density at radius 3 is 3.33 bits per heavy atom. The maximum absolute atomic E-state index is 4.06. The Kier molecular flexibility index (Phi) is 1.12. The second kappa shape index (κ2) is 1.84. The van der Waals surface area contributed by atoms with E-state index in [1.54, 1.807) is 4.88 Å². The van der Waals surface area contributed by atoms with Crippen molar-refractivity contribution in [3.05, 3.63) is 28.8 Å². The van der Waals surface area contributed by atoms with Crippen LogP contribution in [0.3, 0.4) is 0 Å². The standard InChI is InChI=1S/C8H9S/c1-6-2-3-8-7(6)4-5-9-8/h4-6H,1-3H2. The fourth-order valence-corrected chi connectivity index (χ4v) is 2.36. The topological polar surface area (TPSA) is 0 Å². The lowest BCUT2D eigenvalue weighted by Gasteiger charge is -1.96. The van der Waals surface area contributed by atoms with E-state index in [-0.39, 0.29) is 0 Å². The molecular weight excluding hydrogens is 128 g/mol. The summed E-state index contributed by atoms with van der Waals surface area (Å²) in [6.07, 6.45) is 2.53. The highest BCUT2D eigenvalue weighted by atomic mass is 32.1. The number of aryl methyl sites for hydroxylation is 1. The van der Waals surface area contributed by atoms with Crippen LogP contribution >= 0.6 is 11.3 Å². The fourth-order valence-electron chi connectivity index (χ4n) is 1.38. The lowest BCUT2D eigenvalue weighted by molar-refractivity contribution is 0.812. The van der Waals surface area contributed by atoms with Gasteiger partial charge >= 0.3 is 0 Å². The second-order valence-corrected chi connectivity index (χ2v) is 3.54. The van der Waals surface area contributed by atoms with Gasteiger partial charge in [-0.3, -0.25) is 0 Å². The van der Waals surface area contributed by atoms with Crippen LogP contribution in [0.2, 0.25) is 0 Å². The first kappa shape index (κ1) is 5.48. The van der Waals surface area contributed by atoms with E-state index in [4.69, 9.17) is 0 Å². The smallest absolute Gasteiger partial charge is 0.00802 e. The molecule has 1 aromatic rings. The van der Waals surface area contributed by atoms with Gasteiger partial charge in [-0.05, 0) is 42.7 Å². The lowest BCUT2D eigenvalue weighted by atomic mass is 10.1. The van der Waals surface area contributed by atoms with Crippen molar-refractivity contribution >= 4 is 11.3 Å². The zero-order chi connectivity index (χ0) is 6.27. The van der Waals surface area contributed by atoms with Crippen LogP contribution in [0.15, 0.2) is 11.4 Å². The molecule has 0 bridgehead atoms. The van der Waals surface area contributed by atoms with E-state index in [1.807, 2.05) is 11.3 Å². The summed E-state index contributed by atoms with van der Waals surface area (Å²) < 4.78 is 0. The Morgan fingerprint density at radius 2 is 2.56 bits per heavy atom. The highest BCUT2D eigenvalue weighted by Crippen LogP contribution is 2.35. The minimum Gasteiger partial charge on any atom is -0.149 e. The molecule has 0 aliphatic heterocycles. The summed E-state index contributed by atoms with van der Waals surface area (Å²) >= 11 is 1.88. The molecule has 0 fully saturated rings. The van der Waals surface area contributed by atoms with Crippen molar-refractivity contribution in [2.75, 3.05) is 0 Å². The molecule has 1 heteroatoms. The Balaban J connectivity index is 2.49. The van der Waals surface area contributed by atoms with E-state index in [2.05, 4.69) is 18.4 Å². The van der Waals surface area contributed by atoms with Gasteiger partial charge in [-0.25, -0.2) is 0 Å². The van der Waals surface area contributed by atoms with Crippen molar-refractivity contribution in [3.63, 3.8) is 0 Å². The molecule has 1 heterocycles.